The predicted molar refractivity (Wildman–Crippen MR) is 85.4 cm³/mol. The first-order chi connectivity index (χ1) is 9.72. The number of para-hydroxylation sites is 2. The van der Waals surface area contributed by atoms with E-state index in [1.165, 1.54) is 12.1 Å². The zero-order valence-electron chi connectivity index (χ0n) is 10.9. The van der Waals surface area contributed by atoms with Gasteiger partial charge >= 0.3 is 0 Å². The number of halogens is 1. The SMILES string of the molecule is Cl.O=[N+]([O-])c1cccc(C=Cc2nc3ccccc3[nH]2)c1. The Labute approximate surface area is 126 Å². The maximum atomic E-state index is 10.7. The molecule has 1 aromatic heterocycles. The average Bonchev–Trinajstić information content (AvgIpc) is 2.88. The van der Waals surface area contributed by atoms with Gasteiger partial charge in [0.05, 0.1) is 16.0 Å². The van der Waals surface area contributed by atoms with Crippen molar-refractivity contribution in [3.05, 3.63) is 70.0 Å². The van der Waals surface area contributed by atoms with Crippen molar-refractivity contribution in [2.75, 3.05) is 0 Å². The molecular weight excluding hydrogens is 290 g/mol. The first kappa shape index (κ1) is 14.7. The molecule has 0 bridgehead atoms. The number of nitrogens with zero attached hydrogens (tertiary/aromatic N) is 2. The molecule has 0 aliphatic heterocycles. The first-order valence-corrected chi connectivity index (χ1v) is 6.10. The van der Waals surface area contributed by atoms with Crippen LogP contribution < -0.4 is 0 Å². The van der Waals surface area contributed by atoms with Crippen molar-refractivity contribution in [1.82, 2.24) is 9.97 Å². The third-order valence-electron chi connectivity index (χ3n) is 2.92. The lowest BCUT2D eigenvalue weighted by Crippen LogP contribution is -1.87. The van der Waals surface area contributed by atoms with Crippen LogP contribution >= 0.6 is 12.4 Å². The molecule has 3 rings (SSSR count). The van der Waals surface area contributed by atoms with Gasteiger partial charge in [-0.15, -0.1) is 12.4 Å². The lowest BCUT2D eigenvalue weighted by atomic mass is 10.2. The molecule has 0 spiro atoms. The van der Waals surface area contributed by atoms with Crippen molar-refractivity contribution < 1.29 is 4.92 Å². The maximum Gasteiger partial charge on any atom is 0.270 e. The van der Waals surface area contributed by atoms with Gasteiger partial charge in [-0.05, 0) is 23.8 Å². The molecule has 0 saturated carbocycles. The number of non-ortho nitro benzene ring substituents is 1. The van der Waals surface area contributed by atoms with Crippen LogP contribution in [0.3, 0.4) is 0 Å². The van der Waals surface area contributed by atoms with Crippen LogP contribution in [-0.4, -0.2) is 14.9 Å². The van der Waals surface area contributed by atoms with Crippen molar-refractivity contribution in [3.63, 3.8) is 0 Å². The number of nitrogens with one attached hydrogen (secondary N) is 1. The second-order valence-electron chi connectivity index (χ2n) is 4.32. The normalized spacial score (nSPS) is 10.7. The molecule has 106 valence electrons. The third kappa shape index (κ3) is 3.27. The maximum absolute atomic E-state index is 10.7. The molecule has 3 aromatic rings. The largest absolute Gasteiger partial charge is 0.338 e. The van der Waals surface area contributed by atoms with Crippen LogP contribution in [0.4, 0.5) is 5.69 Å². The molecule has 0 radical (unpaired) electrons. The number of H-pyrrole nitrogens is 1. The molecule has 0 aliphatic carbocycles. The quantitative estimate of drug-likeness (QED) is 0.585. The summed E-state index contributed by atoms with van der Waals surface area (Å²) in [4.78, 5) is 17.9. The molecule has 0 atom stereocenters. The number of aromatic nitrogens is 2. The number of benzene rings is 2. The molecule has 0 aliphatic rings. The van der Waals surface area contributed by atoms with E-state index in [0.29, 0.717) is 0 Å². The van der Waals surface area contributed by atoms with Crippen LogP contribution in [0.25, 0.3) is 23.2 Å². The number of aromatic amines is 1. The zero-order chi connectivity index (χ0) is 13.9. The van der Waals surface area contributed by atoms with Gasteiger partial charge in [-0.3, -0.25) is 10.1 Å². The topological polar surface area (TPSA) is 71.8 Å². The van der Waals surface area contributed by atoms with E-state index in [0.717, 1.165) is 22.4 Å². The molecule has 1 heterocycles. The minimum atomic E-state index is -0.404. The third-order valence-corrected chi connectivity index (χ3v) is 2.92. The van der Waals surface area contributed by atoms with Gasteiger partial charge in [0, 0.05) is 12.1 Å². The molecule has 0 saturated heterocycles. The molecule has 0 fully saturated rings. The molecule has 2 aromatic carbocycles. The van der Waals surface area contributed by atoms with Crippen molar-refractivity contribution in [1.29, 1.82) is 0 Å². The fraction of sp³-hybridized carbons (Fsp3) is 0. The van der Waals surface area contributed by atoms with E-state index in [2.05, 4.69) is 9.97 Å². The Balaban J connectivity index is 0.00000161. The van der Waals surface area contributed by atoms with Crippen molar-refractivity contribution in [3.8, 4) is 0 Å². The molecule has 0 unspecified atom stereocenters. The average molecular weight is 302 g/mol. The first-order valence-electron chi connectivity index (χ1n) is 6.10. The second-order valence-corrected chi connectivity index (χ2v) is 4.32. The van der Waals surface area contributed by atoms with Gasteiger partial charge in [0.25, 0.3) is 5.69 Å². The Morgan fingerprint density at radius 3 is 2.67 bits per heavy atom. The summed E-state index contributed by atoms with van der Waals surface area (Å²) in [6.45, 7) is 0. The summed E-state index contributed by atoms with van der Waals surface area (Å²) in [7, 11) is 0. The van der Waals surface area contributed by atoms with Crippen LogP contribution in [0.5, 0.6) is 0 Å². The molecule has 5 nitrogen and oxygen atoms in total. The summed E-state index contributed by atoms with van der Waals surface area (Å²) < 4.78 is 0. The number of rotatable bonds is 3. The van der Waals surface area contributed by atoms with Crippen molar-refractivity contribution >= 4 is 41.3 Å². The van der Waals surface area contributed by atoms with Crippen molar-refractivity contribution in [2.24, 2.45) is 0 Å². The van der Waals surface area contributed by atoms with E-state index in [-0.39, 0.29) is 18.1 Å². The predicted octanol–water partition coefficient (Wildman–Crippen LogP) is 4.06. The van der Waals surface area contributed by atoms with Gasteiger partial charge < -0.3 is 4.98 Å². The summed E-state index contributed by atoms with van der Waals surface area (Å²) in [5.41, 5.74) is 2.70. The van der Waals surface area contributed by atoms with Crippen LogP contribution in [0.2, 0.25) is 0 Å². The Morgan fingerprint density at radius 1 is 1.10 bits per heavy atom. The van der Waals surface area contributed by atoms with Crippen LogP contribution in [0.1, 0.15) is 11.4 Å². The highest BCUT2D eigenvalue weighted by atomic mass is 35.5. The van der Waals surface area contributed by atoms with E-state index < -0.39 is 4.92 Å². The summed E-state index contributed by atoms with van der Waals surface area (Å²) >= 11 is 0. The highest BCUT2D eigenvalue weighted by molar-refractivity contribution is 5.85. The van der Waals surface area contributed by atoms with Gasteiger partial charge in [-0.2, -0.15) is 0 Å². The van der Waals surface area contributed by atoms with E-state index in [1.54, 1.807) is 18.2 Å². The molecule has 0 amide bonds. The van der Waals surface area contributed by atoms with Crippen LogP contribution in [0, 0.1) is 10.1 Å². The fourth-order valence-electron chi connectivity index (χ4n) is 1.97. The van der Waals surface area contributed by atoms with Crippen molar-refractivity contribution in [2.45, 2.75) is 0 Å². The number of nitro benzene ring substituents is 1. The van der Waals surface area contributed by atoms with Gasteiger partial charge in [0.2, 0.25) is 0 Å². The number of hydrogen-bond acceptors (Lipinski definition) is 3. The van der Waals surface area contributed by atoms with Gasteiger partial charge in [0.1, 0.15) is 5.82 Å². The number of imidazole rings is 1. The Morgan fingerprint density at radius 2 is 1.90 bits per heavy atom. The van der Waals surface area contributed by atoms with E-state index in [4.69, 9.17) is 0 Å². The Kier molecular flexibility index (Phi) is 4.35. The smallest absolute Gasteiger partial charge is 0.270 e. The van der Waals surface area contributed by atoms with E-state index >= 15 is 0 Å². The van der Waals surface area contributed by atoms with E-state index in [1.807, 2.05) is 30.3 Å². The number of hydrogen-bond donors (Lipinski definition) is 1. The molecular formula is C15H12ClN3O2. The summed E-state index contributed by atoms with van der Waals surface area (Å²) in [5, 5.41) is 10.7. The highest BCUT2D eigenvalue weighted by Gasteiger charge is 2.04. The molecule has 1 N–H and O–H groups in total. The van der Waals surface area contributed by atoms with Gasteiger partial charge in [-0.25, -0.2) is 4.98 Å². The summed E-state index contributed by atoms with van der Waals surface area (Å²) in [6.07, 6.45) is 3.60. The zero-order valence-corrected chi connectivity index (χ0v) is 11.7. The lowest BCUT2D eigenvalue weighted by molar-refractivity contribution is -0.384. The monoisotopic (exact) mass is 301 g/mol. The lowest BCUT2D eigenvalue weighted by Gasteiger charge is -1.93. The Hall–Kier alpha value is -2.66. The van der Waals surface area contributed by atoms with Crippen LogP contribution in [-0.2, 0) is 0 Å². The second kappa shape index (κ2) is 6.19. The van der Waals surface area contributed by atoms with Crippen LogP contribution in [0.15, 0.2) is 48.5 Å². The summed E-state index contributed by atoms with van der Waals surface area (Å²) in [6, 6.07) is 14.2. The van der Waals surface area contributed by atoms with Gasteiger partial charge in [0.15, 0.2) is 0 Å². The minimum absolute atomic E-state index is 0. The van der Waals surface area contributed by atoms with E-state index in [9.17, 15) is 10.1 Å². The molecule has 6 heteroatoms. The molecule has 21 heavy (non-hydrogen) atoms. The standard InChI is InChI=1S/C15H11N3O2.ClH/c19-18(20)12-5-3-4-11(10-12)8-9-15-16-13-6-1-2-7-14(13)17-15;/h1-10H,(H,16,17);1H. The highest BCUT2D eigenvalue weighted by Crippen LogP contribution is 2.16. The number of nitro groups is 1. The number of fused-ring (bicyclic) bond motifs is 1. The fourth-order valence-corrected chi connectivity index (χ4v) is 1.97. The summed E-state index contributed by atoms with van der Waals surface area (Å²) in [5.74, 6) is 0.720. The minimum Gasteiger partial charge on any atom is -0.338 e. The Bertz CT molecular complexity index is 778. The van der Waals surface area contributed by atoms with Gasteiger partial charge in [-0.1, -0.05) is 30.3 Å².